The second kappa shape index (κ2) is 9.74. The lowest BCUT2D eigenvalue weighted by atomic mass is 9.93. The maximum absolute atomic E-state index is 13.8. The Kier molecular flexibility index (Phi) is 6.71. The van der Waals surface area contributed by atoms with Gasteiger partial charge >= 0.3 is 0 Å². The summed E-state index contributed by atoms with van der Waals surface area (Å²) in [6, 6.07) is 3.99. The van der Waals surface area contributed by atoms with Crippen molar-refractivity contribution in [2.45, 2.75) is 76.9 Å². The fourth-order valence-electron chi connectivity index (χ4n) is 5.85. The average molecular weight is 471 g/mol. The number of aryl methyl sites for hydroxylation is 1. The van der Waals surface area contributed by atoms with Crippen molar-refractivity contribution in [2.24, 2.45) is 0 Å². The summed E-state index contributed by atoms with van der Waals surface area (Å²) in [6.07, 6.45) is 7.65. The SMILES string of the molecule is Cc1cc2c(cc3n2CC(C)(C(=O)NC2CCCCCC2)N(CCCN2CCOCC2)C3=O)o1. The molecule has 1 atom stereocenters. The van der Waals surface area contributed by atoms with Gasteiger partial charge in [-0.3, -0.25) is 14.5 Å². The largest absolute Gasteiger partial charge is 0.460 e. The maximum atomic E-state index is 13.8. The van der Waals surface area contributed by atoms with Gasteiger partial charge in [0.1, 0.15) is 17.0 Å². The molecule has 1 saturated heterocycles. The summed E-state index contributed by atoms with van der Waals surface area (Å²) in [5.41, 5.74) is 1.27. The van der Waals surface area contributed by atoms with Crippen LogP contribution in [-0.4, -0.2) is 77.2 Å². The van der Waals surface area contributed by atoms with Crippen LogP contribution in [0.4, 0.5) is 0 Å². The van der Waals surface area contributed by atoms with E-state index in [1.807, 2.05) is 35.4 Å². The lowest BCUT2D eigenvalue weighted by molar-refractivity contribution is -0.133. The van der Waals surface area contributed by atoms with Crippen molar-refractivity contribution in [1.29, 1.82) is 0 Å². The molecule has 5 rings (SSSR count). The molecular formula is C26H38N4O4. The summed E-state index contributed by atoms with van der Waals surface area (Å²) in [7, 11) is 0. The molecule has 0 radical (unpaired) electrons. The van der Waals surface area contributed by atoms with Crippen LogP contribution in [0.1, 0.15) is 68.1 Å². The van der Waals surface area contributed by atoms with Crippen LogP contribution in [0, 0.1) is 6.92 Å². The lowest BCUT2D eigenvalue weighted by Crippen LogP contribution is -2.65. The molecule has 4 heterocycles. The van der Waals surface area contributed by atoms with Gasteiger partial charge in [0.05, 0.1) is 25.3 Å². The summed E-state index contributed by atoms with van der Waals surface area (Å²) in [4.78, 5) is 31.8. The molecule has 186 valence electrons. The molecule has 1 N–H and O–H groups in total. The first kappa shape index (κ1) is 23.4. The van der Waals surface area contributed by atoms with E-state index in [1.54, 1.807) is 0 Å². The third-order valence-electron chi connectivity index (χ3n) is 7.88. The van der Waals surface area contributed by atoms with Crippen LogP contribution in [0.5, 0.6) is 0 Å². The molecule has 8 heteroatoms. The number of rotatable bonds is 6. The van der Waals surface area contributed by atoms with E-state index in [2.05, 4.69) is 10.2 Å². The third-order valence-corrected chi connectivity index (χ3v) is 7.88. The van der Waals surface area contributed by atoms with Gasteiger partial charge in [0, 0.05) is 44.4 Å². The van der Waals surface area contributed by atoms with Gasteiger partial charge in [-0.1, -0.05) is 25.7 Å². The zero-order chi connectivity index (χ0) is 23.7. The van der Waals surface area contributed by atoms with E-state index in [0.717, 1.165) is 76.2 Å². The topological polar surface area (TPSA) is 80.0 Å². The minimum Gasteiger partial charge on any atom is -0.460 e. The van der Waals surface area contributed by atoms with Crippen molar-refractivity contribution in [3.05, 3.63) is 23.6 Å². The van der Waals surface area contributed by atoms with Gasteiger partial charge in [-0.05, 0) is 33.1 Å². The highest BCUT2D eigenvalue weighted by Crippen LogP contribution is 2.34. The Labute approximate surface area is 201 Å². The predicted molar refractivity (Wildman–Crippen MR) is 130 cm³/mol. The Morgan fingerprint density at radius 1 is 1.12 bits per heavy atom. The number of amides is 2. The van der Waals surface area contributed by atoms with E-state index < -0.39 is 5.54 Å². The molecule has 0 aromatic carbocycles. The number of aromatic nitrogens is 1. The first-order valence-corrected chi connectivity index (χ1v) is 13.0. The standard InChI is InChI=1S/C26H38N4O4/c1-19-16-21-23(34-19)17-22-24(31)30(11-7-10-28-12-14-33-15-13-28)26(2,18-29(21)22)25(32)27-20-8-5-3-4-6-9-20/h16-17,20H,3-15,18H2,1-2H3,(H,27,32). The van der Waals surface area contributed by atoms with Crippen molar-refractivity contribution in [1.82, 2.24) is 19.7 Å². The fourth-order valence-corrected chi connectivity index (χ4v) is 5.85. The molecule has 1 unspecified atom stereocenters. The van der Waals surface area contributed by atoms with E-state index in [9.17, 15) is 9.59 Å². The summed E-state index contributed by atoms with van der Waals surface area (Å²) >= 11 is 0. The first-order chi connectivity index (χ1) is 16.5. The summed E-state index contributed by atoms with van der Waals surface area (Å²) < 4.78 is 13.3. The quantitative estimate of drug-likeness (QED) is 0.655. The van der Waals surface area contributed by atoms with Crippen LogP contribution >= 0.6 is 0 Å². The Morgan fingerprint density at radius 2 is 1.85 bits per heavy atom. The van der Waals surface area contributed by atoms with E-state index >= 15 is 0 Å². The Hall–Kier alpha value is -2.32. The highest BCUT2D eigenvalue weighted by molar-refractivity contribution is 6.03. The molecule has 8 nitrogen and oxygen atoms in total. The predicted octanol–water partition coefficient (Wildman–Crippen LogP) is 3.32. The minimum atomic E-state index is -0.946. The minimum absolute atomic E-state index is 0.0353. The average Bonchev–Trinajstić information content (AvgIpc) is 3.22. The van der Waals surface area contributed by atoms with Gasteiger partial charge in [0.2, 0.25) is 5.91 Å². The van der Waals surface area contributed by atoms with Crippen molar-refractivity contribution < 1.29 is 18.7 Å². The van der Waals surface area contributed by atoms with Gasteiger partial charge in [-0.15, -0.1) is 0 Å². The van der Waals surface area contributed by atoms with Crippen molar-refractivity contribution >= 4 is 22.9 Å². The molecular weight excluding hydrogens is 432 g/mol. The van der Waals surface area contributed by atoms with E-state index in [1.165, 1.54) is 12.8 Å². The molecule has 34 heavy (non-hydrogen) atoms. The number of carbonyl (C=O) groups excluding carboxylic acids is 2. The van der Waals surface area contributed by atoms with Crippen LogP contribution in [-0.2, 0) is 16.1 Å². The Morgan fingerprint density at radius 3 is 2.59 bits per heavy atom. The highest BCUT2D eigenvalue weighted by atomic mass is 16.5. The molecule has 2 amide bonds. The number of hydrogen-bond donors (Lipinski definition) is 1. The number of furan rings is 1. The molecule has 1 saturated carbocycles. The molecule has 2 fully saturated rings. The number of nitrogens with one attached hydrogen (secondary N) is 1. The fraction of sp³-hybridized carbons (Fsp3) is 0.692. The van der Waals surface area contributed by atoms with Crippen LogP contribution < -0.4 is 5.32 Å². The van der Waals surface area contributed by atoms with E-state index in [0.29, 0.717) is 24.4 Å². The smallest absolute Gasteiger partial charge is 0.271 e. The summed E-state index contributed by atoms with van der Waals surface area (Å²) in [6.45, 7) is 9.10. The van der Waals surface area contributed by atoms with Gasteiger partial charge in [0.25, 0.3) is 5.91 Å². The number of ether oxygens (including phenoxy) is 1. The van der Waals surface area contributed by atoms with E-state index in [4.69, 9.17) is 9.15 Å². The van der Waals surface area contributed by atoms with Crippen molar-refractivity contribution in [3.63, 3.8) is 0 Å². The van der Waals surface area contributed by atoms with Crippen molar-refractivity contribution in [2.75, 3.05) is 39.4 Å². The second-order valence-corrected chi connectivity index (χ2v) is 10.4. The number of morpholine rings is 1. The van der Waals surface area contributed by atoms with E-state index in [-0.39, 0.29) is 17.9 Å². The Balaban J connectivity index is 1.39. The number of carbonyl (C=O) groups is 2. The summed E-state index contributed by atoms with van der Waals surface area (Å²) in [5, 5.41) is 3.34. The molecule has 2 aromatic rings. The monoisotopic (exact) mass is 470 g/mol. The van der Waals surface area contributed by atoms with Gasteiger partial charge in [-0.2, -0.15) is 0 Å². The Bertz CT molecular complexity index is 1030. The maximum Gasteiger partial charge on any atom is 0.271 e. The molecule has 0 spiro atoms. The summed E-state index contributed by atoms with van der Waals surface area (Å²) in [5.74, 6) is 0.688. The first-order valence-electron chi connectivity index (χ1n) is 13.0. The van der Waals surface area contributed by atoms with Gasteiger partial charge in [0.15, 0.2) is 5.58 Å². The molecule has 2 aromatic heterocycles. The van der Waals surface area contributed by atoms with Gasteiger partial charge in [-0.25, -0.2) is 0 Å². The number of hydrogen-bond acceptors (Lipinski definition) is 5. The lowest BCUT2D eigenvalue weighted by Gasteiger charge is -2.45. The molecule has 2 aliphatic heterocycles. The highest BCUT2D eigenvalue weighted by Gasteiger charge is 2.48. The molecule has 0 bridgehead atoms. The third kappa shape index (κ3) is 4.50. The molecule has 1 aliphatic carbocycles. The van der Waals surface area contributed by atoms with Gasteiger partial charge < -0.3 is 23.9 Å². The van der Waals surface area contributed by atoms with Crippen LogP contribution in [0.15, 0.2) is 16.5 Å². The van der Waals surface area contributed by atoms with Crippen LogP contribution in [0.3, 0.4) is 0 Å². The van der Waals surface area contributed by atoms with Crippen LogP contribution in [0.2, 0.25) is 0 Å². The number of fused-ring (bicyclic) bond motifs is 3. The number of nitrogens with zero attached hydrogens (tertiary/aromatic N) is 3. The second-order valence-electron chi connectivity index (χ2n) is 10.4. The van der Waals surface area contributed by atoms with Crippen LogP contribution in [0.25, 0.3) is 11.1 Å². The zero-order valence-electron chi connectivity index (χ0n) is 20.6. The van der Waals surface area contributed by atoms with Crippen molar-refractivity contribution in [3.8, 4) is 0 Å². The molecule has 3 aliphatic rings. The zero-order valence-corrected chi connectivity index (χ0v) is 20.6. The normalized spacial score (nSPS) is 24.9.